The van der Waals surface area contributed by atoms with Crippen molar-refractivity contribution < 1.29 is 4.79 Å². The summed E-state index contributed by atoms with van der Waals surface area (Å²) in [5, 5.41) is 3.13. The highest BCUT2D eigenvalue weighted by Crippen LogP contribution is 2.18. The molecule has 0 atom stereocenters. The highest BCUT2D eigenvalue weighted by molar-refractivity contribution is 9.10. The molecular weight excluding hydrogens is 304 g/mol. The Bertz CT molecular complexity index is 430. The average molecular weight is 325 g/mol. The van der Waals surface area contributed by atoms with Crippen LogP contribution in [0.1, 0.15) is 37.7 Å². The topological polar surface area (TPSA) is 32.3 Å². The third kappa shape index (κ3) is 4.53. The Hall–Kier alpha value is -1.03. The van der Waals surface area contributed by atoms with E-state index in [2.05, 4.69) is 21.2 Å². The largest absolute Gasteiger partial charge is 0.335 e. The Morgan fingerprint density at radius 2 is 2.11 bits per heavy atom. The molecule has 0 spiro atoms. The Labute approximate surface area is 123 Å². The summed E-state index contributed by atoms with van der Waals surface area (Å²) in [6, 6.07) is 8.47. The first-order valence-corrected chi connectivity index (χ1v) is 7.70. The Balaban J connectivity index is 1.84. The number of carbonyl (C=O) groups is 1. The van der Waals surface area contributed by atoms with E-state index in [0.29, 0.717) is 12.6 Å². The van der Waals surface area contributed by atoms with Crippen molar-refractivity contribution in [2.45, 2.75) is 44.7 Å². The van der Waals surface area contributed by atoms with Crippen LogP contribution in [-0.4, -0.2) is 24.0 Å². The maximum Gasteiger partial charge on any atom is 0.317 e. The fourth-order valence-corrected chi connectivity index (χ4v) is 2.96. The van der Waals surface area contributed by atoms with E-state index >= 15 is 0 Å². The van der Waals surface area contributed by atoms with Gasteiger partial charge in [-0.1, -0.05) is 47.3 Å². The third-order valence-corrected chi connectivity index (χ3v) is 4.08. The second kappa shape index (κ2) is 6.94. The average Bonchev–Trinajstić information content (AvgIpc) is 2.40. The van der Waals surface area contributed by atoms with Crippen LogP contribution in [0.5, 0.6) is 0 Å². The molecule has 1 aromatic carbocycles. The van der Waals surface area contributed by atoms with E-state index in [0.717, 1.165) is 22.9 Å². The molecule has 0 saturated heterocycles. The highest BCUT2D eigenvalue weighted by atomic mass is 79.9. The van der Waals surface area contributed by atoms with Crippen LogP contribution in [0.15, 0.2) is 28.7 Å². The number of hydrogen-bond acceptors (Lipinski definition) is 1. The van der Waals surface area contributed by atoms with Crippen LogP contribution in [0.3, 0.4) is 0 Å². The van der Waals surface area contributed by atoms with Crippen LogP contribution < -0.4 is 5.32 Å². The summed E-state index contributed by atoms with van der Waals surface area (Å²) in [4.78, 5) is 13.9. The Morgan fingerprint density at radius 3 is 2.79 bits per heavy atom. The molecule has 4 heteroatoms. The van der Waals surface area contributed by atoms with Crippen molar-refractivity contribution in [3.05, 3.63) is 34.3 Å². The molecule has 1 fully saturated rings. The van der Waals surface area contributed by atoms with Gasteiger partial charge in [-0.2, -0.15) is 0 Å². The van der Waals surface area contributed by atoms with Crippen LogP contribution in [0.4, 0.5) is 4.79 Å². The zero-order valence-electron chi connectivity index (χ0n) is 11.4. The van der Waals surface area contributed by atoms with Gasteiger partial charge in [0.2, 0.25) is 0 Å². The summed E-state index contributed by atoms with van der Waals surface area (Å²) in [6.45, 7) is 0.637. The number of carbonyl (C=O) groups excluding carboxylic acids is 1. The first kappa shape index (κ1) is 14.4. The first-order valence-electron chi connectivity index (χ1n) is 6.91. The van der Waals surface area contributed by atoms with Crippen molar-refractivity contribution in [2.24, 2.45) is 0 Å². The molecule has 0 heterocycles. The molecule has 1 aromatic rings. The van der Waals surface area contributed by atoms with E-state index in [1.54, 1.807) is 4.90 Å². The van der Waals surface area contributed by atoms with Crippen molar-refractivity contribution in [3.8, 4) is 0 Å². The minimum atomic E-state index is 0.0341. The normalized spacial score (nSPS) is 16.1. The predicted octanol–water partition coefficient (Wildman–Crippen LogP) is 3.92. The molecule has 1 aliphatic rings. The van der Waals surface area contributed by atoms with Gasteiger partial charge >= 0.3 is 6.03 Å². The van der Waals surface area contributed by atoms with Gasteiger partial charge in [0.25, 0.3) is 0 Å². The van der Waals surface area contributed by atoms with Gasteiger partial charge in [-0.3, -0.25) is 0 Å². The molecule has 0 unspecified atom stereocenters. The van der Waals surface area contributed by atoms with Gasteiger partial charge in [0.1, 0.15) is 0 Å². The second-order valence-electron chi connectivity index (χ2n) is 5.27. The molecule has 0 radical (unpaired) electrons. The summed E-state index contributed by atoms with van der Waals surface area (Å²) in [7, 11) is 1.85. The maximum atomic E-state index is 12.1. The predicted molar refractivity (Wildman–Crippen MR) is 81.0 cm³/mol. The summed E-state index contributed by atoms with van der Waals surface area (Å²) in [5.74, 6) is 0. The minimum absolute atomic E-state index is 0.0341. The van der Waals surface area contributed by atoms with Crippen LogP contribution in [-0.2, 0) is 6.54 Å². The summed E-state index contributed by atoms with van der Waals surface area (Å²) in [5.41, 5.74) is 1.13. The van der Waals surface area contributed by atoms with Crippen molar-refractivity contribution in [2.75, 3.05) is 7.05 Å². The van der Waals surface area contributed by atoms with Crippen molar-refractivity contribution >= 4 is 22.0 Å². The molecule has 2 rings (SSSR count). The van der Waals surface area contributed by atoms with Gasteiger partial charge in [0, 0.05) is 24.1 Å². The van der Waals surface area contributed by atoms with Crippen LogP contribution in [0, 0.1) is 0 Å². The van der Waals surface area contributed by atoms with Gasteiger partial charge in [-0.15, -0.1) is 0 Å². The smallest absolute Gasteiger partial charge is 0.317 e. The van der Waals surface area contributed by atoms with Gasteiger partial charge in [-0.05, 0) is 30.5 Å². The van der Waals surface area contributed by atoms with Crippen molar-refractivity contribution in [3.63, 3.8) is 0 Å². The molecule has 0 aromatic heterocycles. The number of benzene rings is 1. The lowest BCUT2D eigenvalue weighted by atomic mass is 9.96. The number of amides is 2. The van der Waals surface area contributed by atoms with Crippen LogP contribution in [0.25, 0.3) is 0 Å². The summed E-state index contributed by atoms with van der Waals surface area (Å²) in [6.07, 6.45) is 6.02. The Kier molecular flexibility index (Phi) is 5.25. The fraction of sp³-hybridized carbons (Fsp3) is 0.533. The second-order valence-corrected chi connectivity index (χ2v) is 6.19. The minimum Gasteiger partial charge on any atom is -0.335 e. The van der Waals surface area contributed by atoms with Gasteiger partial charge in [-0.25, -0.2) is 4.79 Å². The lowest BCUT2D eigenvalue weighted by Gasteiger charge is -2.26. The molecule has 3 nitrogen and oxygen atoms in total. The highest BCUT2D eigenvalue weighted by Gasteiger charge is 2.17. The molecule has 1 aliphatic carbocycles. The van der Waals surface area contributed by atoms with E-state index in [9.17, 15) is 4.79 Å². The van der Waals surface area contributed by atoms with E-state index in [-0.39, 0.29) is 6.03 Å². The van der Waals surface area contributed by atoms with E-state index < -0.39 is 0 Å². The van der Waals surface area contributed by atoms with Gasteiger partial charge in [0.15, 0.2) is 0 Å². The monoisotopic (exact) mass is 324 g/mol. The van der Waals surface area contributed by atoms with Crippen molar-refractivity contribution in [1.82, 2.24) is 10.2 Å². The zero-order chi connectivity index (χ0) is 13.7. The Morgan fingerprint density at radius 1 is 1.37 bits per heavy atom. The molecule has 2 amide bonds. The first-order chi connectivity index (χ1) is 9.15. The quantitative estimate of drug-likeness (QED) is 0.897. The van der Waals surface area contributed by atoms with Gasteiger partial charge < -0.3 is 10.2 Å². The van der Waals surface area contributed by atoms with Crippen molar-refractivity contribution in [1.29, 1.82) is 0 Å². The standard InChI is InChI=1S/C15H21BrN2O/c1-18(11-12-6-5-7-13(16)10-12)15(19)17-14-8-3-2-4-9-14/h5-7,10,14H,2-4,8-9,11H2,1H3,(H,17,19). The number of nitrogens with zero attached hydrogens (tertiary/aromatic N) is 1. The lowest BCUT2D eigenvalue weighted by molar-refractivity contribution is 0.198. The molecule has 104 valence electrons. The number of nitrogens with one attached hydrogen (secondary N) is 1. The number of urea groups is 1. The lowest BCUT2D eigenvalue weighted by Crippen LogP contribution is -2.43. The summed E-state index contributed by atoms with van der Waals surface area (Å²) >= 11 is 3.45. The molecule has 19 heavy (non-hydrogen) atoms. The molecular formula is C15H21BrN2O. The molecule has 0 aliphatic heterocycles. The fourth-order valence-electron chi connectivity index (χ4n) is 2.51. The van der Waals surface area contributed by atoms with E-state index in [4.69, 9.17) is 0 Å². The molecule has 0 bridgehead atoms. The molecule has 1 N–H and O–H groups in total. The number of halogens is 1. The third-order valence-electron chi connectivity index (χ3n) is 3.59. The SMILES string of the molecule is CN(Cc1cccc(Br)c1)C(=O)NC1CCCCC1. The van der Waals surface area contributed by atoms with Crippen LogP contribution in [0.2, 0.25) is 0 Å². The zero-order valence-corrected chi connectivity index (χ0v) is 12.9. The van der Waals surface area contributed by atoms with E-state index in [1.165, 1.54) is 19.3 Å². The maximum absolute atomic E-state index is 12.1. The van der Waals surface area contributed by atoms with Crippen LogP contribution >= 0.6 is 15.9 Å². The summed E-state index contributed by atoms with van der Waals surface area (Å²) < 4.78 is 1.05. The molecule has 1 saturated carbocycles. The number of hydrogen-bond donors (Lipinski definition) is 1. The van der Waals surface area contributed by atoms with E-state index in [1.807, 2.05) is 31.3 Å². The number of rotatable bonds is 3. The van der Waals surface area contributed by atoms with Gasteiger partial charge in [0.05, 0.1) is 0 Å².